The first-order valence-corrected chi connectivity index (χ1v) is 7.49. The first kappa shape index (κ1) is 13.6. The predicted octanol–water partition coefficient (Wildman–Crippen LogP) is 4.47. The minimum atomic E-state index is 0.236. The van der Waals surface area contributed by atoms with Gasteiger partial charge in [-0.05, 0) is 35.8 Å². The normalized spacial score (nSPS) is 18.4. The molecule has 1 aromatic rings. The zero-order valence-corrected chi connectivity index (χ0v) is 11.9. The molecule has 1 atom stereocenters. The van der Waals surface area contributed by atoms with Crippen LogP contribution in [0.1, 0.15) is 63.1 Å². The molecule has 1 saturated carbocycles. The fraction of sp³-hybridized carbons (Fsp3) is 0.647. The van der Waals surface area contributed by atoms with Crippen LogP contribution in [-0.2, 0) is 6.42 Å². The minimum Gasteiger partial charge on any atom is -0.324 e. The molecule has 1 aromatic carbocycles. The summed E-state index contributed by atoms with van der Waals surface area (Å²) in [7, 11) is 0. The van der Waals surface area contributed by atoms with Gasteiger partial charge in [-0.2, -0.15) is 0 Å². The van der Waals surface area contributed by atoms with E-state index in [0.29, 0.717) is 5.92 Å². The van der Waals surface area contributed by atoms with Crippen LogP contribution in [0.2, 0.25) is 0 Å². The van der Waals surface area contributed by atoms with E-state index < -0.39 is 0 Å². The summed E-state index contributed by atoms with van der Waals surface area (Å²) in [5.74, 6) is 1.58. The first-order valence-electron chi connectivity index (χ1n) is 7.49. The molecule has 0 heterocycles. The van der Waals surface area contributed by atoms with Crippen molar-refractivity contribution in [1.29, 1.82) is 0 Å². The summed E-state index contributed by atoms with van der Waals surface area (Å²) in [6.07, 6.45) is 7.92. The molecule has 0 aliphatic heterocycles. The second-order valence-corrected chi connectivity index (χ2v) is 6.34. The highest BCUT2D eigenvalue weighted by atomic mass is 14.6. The van der Waals surface area contributed by atoms with Gasteiger partial charge in [0.25, 0.3) is 0 Å². The van der Waals surface area contributed by atoms with E-state index in [1.54, 1.807) is 0 Å². The van der Waals surface area contributed by atoms with Gasteiger partial charge in [-0.25, -0.2) is 0 Å². The zero-order valence-electron chi connectivity index (χ0n) is 11.9. The monoisotopic (exact) mass is 245 g/mol. The Bertz CT molecular complexity index is 364. The largest absolute Gasteiger partial charge is 0.324 e. The van der Waals surface area contributed by atoms with Gasteiger partial charge in [0, 0.05) is 6.04 Å². The summed E-state index contributed by atoms with van der Waals surface area (Å²) in [5.41, 5.74) is 9.14. The molecular formula is C17H27N. The third-order valence-electron chi connectivity index (χ3n) is 4.09. The molecule has 1 aliphatic rings. The highest BCUT2D eigenvalue weighted by Gasteiger charge is 2.19. The molecule has 100 valence electrons. The van der Waals surface area contributed by atoms with Gasteiger partial charge in [0.05, 0.1) is 0 Å². The van der Waals surface area contributed by atoms with Crippen LogP contribution in [0.5, 0.6) is 0 Å². The van der Waals surface area contributed by atoms with Crippen molar-refractivity contribution in [3.63, 3.8) is 0 Å². The lowest BCUT2D eigenvalue weighted by Crippen LogP contribution is -2.14. The van der Waals surface area contributed by atoms with Crippen molar-refractivity contribution < 1.29 is 0 Å². The molecule has 0 amide bonds. The molecule has 0 bridgehead atoms. The third-order valence-corrected chi connectivity index (χ3v) is 4.09. The quantitative estimate of drug-likeness (QED) is 0.814. The Balaban J connectivity index is 1.98. The molecular weight excluding hydrogens is 218 g/mol. The second-order valence-electron chi connectivity index (χ2n) is 6.34. The van der Waals surface area contributed by atoms with Gasteiger partial charge in [0.15, 0.2) is 0 Å². The predicted molar refractivity (Wildman–Crippen MR) is 78.5 cm³/mol. The van der Waals surface area contributed by atoms with Crippen molar-refractivity contribution in [2.75, 3.05) is 0 Å². The Morgan fingerprint density at radius 1 is 1.22 bits per heavy atom. The number of benzene rings is 1. The lowest BCUT2D eigenvalue weighted by molar-refractivity contribution is 0.450. The van der Waals surface area contributed by atoms with Crippen LogP contribution in [0.4, 0.5) is 0 Å². The van der Waals surface area contributed by atoms with Crippen molar-refractivity contribution in [1.82, 2.24) is 0 Å². The van der Waals surface area contributed by atoms with Gasteiger partial charge in [0.2, 0.25) is 0 Å². The van der Waals surface area contributed by atoms with Gasteiger partial charge in [0.1, 0.15) is 0 Å². The summed E-state index contributed by atoms with van der Waals surface area (Å²) < 4.78 is 0. The van der Waals surface area contributed by atoms with Crippen LogP contribution in [0.25, 0.3) is 0 Å². The maximum absolute atomic E-state index is 6.37. The van der Waals surface area contributed by atoms with E-state index >= 15 is 0 Å². The Hall–Kier alpha value is -0.820. The smallest absolute Gasteiger partial charge is 0.0297 e. The molecule has 1 nitrogen and oxygen atoms in total. The van der Waals surface area contributed by atoms with Crippen molar-refractivity contribution >= 4 is 0 Å². The maximum atomic E-state index is 6.37. The van der Waals surface area contributed by atoms with Gasteiger partial charge in [-0.3, -0.25) is 0 Å². The fourth-order valence-corrected chi connectivity index (χ4v) is 3.16. The zero-order chi connectivity index (χ0) is 13.0. The summed E-state index contributed by atoms with van der Waals surface area (Å²) in [4.78, 5) is 0. The lowest BCUT2D eigenvalue weighted by Gasteiger charge is -2.17. The molecule has 0 saturated heterocycles. The Morgan fingerprint density at radius 3 is 2.61 bits per heavy atom. The highest BCUT2D eigenvalue weighted by molar-refractivity contribution is 5.26. The summed E-state index contributed by atoms with van der Waals surface area (Å²) >= 11 is 0. The molecule has 1 unspecified atom stereocenters. The van der Waals surface area contributed by atoms with Crippen LogP contribution in [0, 0.1) is 11.8 Å². The first-order chi connectivity index (χ1) is 8.65. The van der Waals surface area contributed by atoms with E-state index in [1.165, 1.54) is 43.2 Å². The average molecular weight is 245 g/mol. The molecule has 0 spiro atoms. The molecule has 2 rings (SSSR count). The summed E-state index contributed by atoms with van der Waals surface area (Å²) in [6, 6.07) is 9.15. The van der Waals surface area contributed by atoms with E-state index in [-0.39, 0.29) is 6.04 Å². The summed E-state index contributed by atoms with van der Waals surface area (Å²) in [5, 5.41) is 0. The van der Waals surface area contributed by atoms with Crippen molar-refractivity contribution in [2.24, 2.45) is 17.6 Å². The Labute approximate surface area is 112 Å². The molecule has 0 radical (unpaired) electrons. The van der Waals surface area contributed by atoms with Crippen molar-refractivity contribution in [3.05, 3.63) is 35.4 Å². The Kier molecular flexibility index (Phi) is 4.82. The van der Waals surface area contributed by atoms with Gasteiger partial charge >= 0.3 is 0 Å². The molecule has 1 aliphatic carbocycles. The summed E-state index contributed by atoms with van der Waals surface area (Å²) in [6.45, 7) is 4.54. The van der Waals surface area contributed by atoms with Gasteiger partial charge in [-0.15, -0.1) is 0 Å². The van der Waals surface area contributed by atoms with Crippen molar-refractivity contribution in [2.45, 2.75) is 58.4 Å². The van der Waals surface area contributed by atoms with Crippen LogP contribution < -0.4 is 5.73 Å². The number of hydrogen-bond acceptors (Lipinski definition) is 1. The van der Waals surface area contributed by atoms with Crippen molar-refractivity contribution in [3.8, 4) is 0 Å². The minimum absolute atomic E-state index is 0.236. The maximum Gasteiger partial charge on any atom is 0.0297 e. The van der Waals surface area contributed by atoms with E-state index in [2.05, 4.69) is 38.1 Å². The van der Waals surface area contributed by atoms with Crippen LogP contribution in [0.3, 0.4) is 0 Å². The highest BCUT2D eigenvalue weighted by Crippen LogP contribution is 2.32. The molecule has 1 fully saturated rings. The second kappa shape index (κ2) is 6.38. The van der Waals surface area contributed by atoms with Gasteiger partial charge < -0.3 is 5.73 Å². The lowest BCUT2D eigenvalue weighted by atomic mass is 9.92. The SMILES string of the molecule is CC(C)Cc1cccc(C(N)CC2CCCC2)c1. The Morgan fingerprint density at radius 2 is 1.94 bits per heavy atom. The van der Waals surface area contributed by atoms with E-state index in [4.69, 9.17) is 5.73 Å². The molecule has 18 heavy (non-hydrogen) atoms. The van der Waals surface area contributed by atoms with Gasteiger partial charge in [-0.1, -0.05) is 63.8 Å². The molecule has 2 N–H and O–H groups in total. The van der Waals surface area contributed by atoms with Crippen LogP contribution in [-0.4, -0.2) is 0 Å². The number of nitrogens with two attached hydrogens (primary N) is 1. The topological polar surface area (TPSA) is 26.0 Å². The van der Waals surface area contributed by atoms with Crippen LogP contribution >= 0.6 is 0 Å². The third kappa shape index (κ3) is 3.84. The average Bonchev–Trinajstić information content (AvgIpc) is 2.81. The molecule has 1 heteroatoms. The molecule has 0 aromatic heterocycles. The van der Waals surface area contributed by atoms with E-state index in [0.717, 1.165) is 12.3 Å². The number of rotatable bonds is 5. The standard InChI is InChI=1S/C17H27N/c1-13(2)10-15-8-5-9-16(11-15)17(18)12-14-6-3-4-7-14/h5,8-9,11,13-14,17H,3-4,6-7,10,12,18H2,1-2H3. The van der Waals surface area contributed by atoms with Crippen LogP contribution in [0.15, 0.2) is 24.3 Å². The van der Waals surface area contributed by atoms with E-state index in [9.17, 15) is 0 Å². The van der Waals surface area contributed by atoms with E-state index in [1.807, 2.05) is 0 Å². The number of hydrogen-bond donors (Lipinski definition) is 1. The fourth-order valence-electron chi connectivity index (χ4n) is 3.16.